The molecule has 0 heterocycles. The van der Waals surface area contributed by atoms with Gasteiger partial charge in [-0.2, -0.15) is 0 Å². The molecule has 0 spiro atoms. The Balaban J connectivity index is -0.0000000965. The Morgan fingerprint density at radius 3 is 1.36 bits per heavy atom. The summed E-state index contributed by atoms with van der Waals surface area (Å²) in [5, 5.41) is 0. The Hall–Kier alpha value is -0.520. The first-order valence-electron chi connectivity index (χ1n) is 4.29. The molecule has 0 heteroatoms. The van der Waals surface area contributed by atoms with E-state index in [4.69, 9.17) is 0 Å². The Morgan fingerprint density at radius 1 is 1.18 bits per heavy atom. The first kappa shape index (κ1) is 16.8. The molecule has 0 nitrogen and oxygen atoms in total. The van der Waals surface area contributed by atoms with E-state index in [1.54, 1.807) is 0 Å². The first-order chi connectivity index (χ1) is 5.18. The van der Waals surface area contributed by atoms with Crippen molar-refractivity contribution in [2.75, 3.05) is 0 Å². The van der Waals surface area contributed by atoms with Gasteiger partial charge in [-0.05, 0) is 12.3 Å². The van der Waals surface area contributed by atoms with Gasteiger partial charge >= 0.3 is 0 Å². The van der Waals surface area contributed by atoms with Gasteiger partial charge in [0.25, 0.3) is 0 Å². The van der Waals surface area contributed by atoms with Gasteiger partial charge in [0.15, 0.2) is 0 Å². The molecule has 0 fully saturated rings. The molecule has 0 aromatic rings. The highest BCUT2D eigenvalue weighted by Gasteiger charge is 1.80. The molecule has 0 aliphatic rings. The van der Waals surface area contributed by atoms with Crippen LogP contribution in [0.2, 0.25) is 0 Å². The van der Waals surface area contributed by atoms with Crippen LogP contribution in [0, 0.1) is 5.92 Å². The number of rotatable bonds is 2. The molecule has 0 bridgehead atoms. The van der Waals surface area contributed by atoms with Crippen LogP contribution in [-0.4, -0.2) is 0 Å². The maximum Gasteiger partial charge on any atom is -0.0382 e. The smallest absolute Gasteiger partial charge is 0.0382 e. The molecule has 0 rings (SSSR count). The summed E-state index contributed by atoms with van der Waals surface area (Å²) >= 11 is 0. The number of allylic oxidation sites excluding steroid dienone is 1. The van der Waals surface area contributed by atoms with Gasteiger partial charge in [0, 0.05) is 0 Å². The van der Waals surface area contributed by atoms with Crippen molar-refractivity contribution in [2.24, 2.45) is 5.92 Å². The van der Waals surface area contributed by atoms with Gasteiger partial charge in [-0.3, -0.25) is 0 Å². The molecule has 0 N–H and O–H groups in total. The molecular weight excluding hydrogens is 132 g/mol. The first-order valence-corrected chi connectivity index (χ1v) is 4.29. The van der Waals surface area contributed by atoms with Crippen molar-refractivity contribution in [3.63, 3.8) is 0 Å². The lowest BCUT2D eigenvalue weighted by atomic mass is 10.2. The highest BCUT2D eigenvalue weighted by atomic mass is 13.9. The van der Waals surface area contributed by atoms with E-state index in [0.29, 0.717) is 0 Å². The fourth-order valence-corrected chi connectivity index (χ4v) is 0. The predicted octanol–water partition coefficient (Wildman–Crippen LogP) is 4.44. The van der Waals surface area contributed by atoms with E-state index < -0.39 is 0 Å². The van der Waals surface area contributed by atoms with Crippen molar-refractivity contribution in [3.05, 3.63) is 25.8 Å². The molecule has 0 aromatic carbocycles. The van der Waals surface area contributed by atoms with Crippen molar-refractivity contribution >= 4 is 0 Å². The lowest BCUT2D eigenvalue weighted by molar-refractivity contribution is 0.626. The van der Waals surface area contributed by atoms with Crippen molar-refractivity contribution in [3.8, 4) is 0 Å². The second kappa shape index (κ2) is 22.7. The van der Waals surface area contributed by atoms with Crippen LogP contribution in [0.4, 0.5) is 0 Å². The normalized spacial score (nSPS) is 7.00. The van der Waals surface area contributed by atoms with Crippen LogP contribution >= 0.6 is 0 Å². The lowest BCUT2D eigenvalue weighted by Crippen LogP contribution is -1.77. The zero-order valence-electron chi connectivity index (χ0n) is 8.69. The van der Waals surface area contributed by atoms with Crippen LogP contribution in [-0.2, 0) is 0 Å². The molecule has 0 aliphatic carbocycles. The van der Waals surface area contributed by atoms with Crippen LogP contribution < -0.4 is 0 Å². The summed E-state index contributed by atoms with van der Waals surface area (Å²) in [6.45, 7) is 18.2. The third-order valence-electron chi connectivity index (χ3n) is 1.11. The van der Waals surface area contributed by atoms with Crippen molar-refractivity contribution < 1.29 is 0 Å². The third kappa shape index (κ3) is 86.2. The van der Waals surface area contributed by atoms with E-state index in [2.05, 4.69) is 47.4 Å². The minimum Gasteiger partial charge on any atom is -0.106 e. The zero-order valence-corrected chi connectivity index (χ0v) is 8.69. The van der Waals surface area contributed by atoms with Gasteiger partial charge in [-0.25, -0.2) is 0 Å². The second-order valence-electron chi connectivity index (χ2n) is 2.50. The lowest BCUT2D eigenvalue weighted by Gasteiger charge is -1.90. The fraction of sp³-hybridized carbons (Fsp3) is 0.636. The van der Waals surface area contributed by atoms with Crippen LogP contribution in [0.5, 0.6) is 0 Å². The molecule has 0 amide bonds. The zero-order chi connectivity index (χ0) is 9.70. The van der Waals surface area contributed by atoms with Gasteiger partial charge in [-0.1, -0.05) is 40.2 Å². The highest BCUT2D eigenvalue weighted by Crippen LogP contribution is 1.93. The van der Waals surface area contributed by atoms with E-state index in [0.717, 1.165) is 12.3 Å². The fourth-order valence-electron chi connectivity index (χ4n) is 0. The molecule has 0 unspecified atom stereocenters. The van der Waals surface area contributed by atoms with Crippen molar-refractivity contribution in [2.45, 2.75) is 40.5 Å². The summed E-state index contributed by atoms with van der Waals surface area (Å²) in [6.07, 6.45) is 4.26. The molecule has 0 aliphatic heterocycles. The summed E-state index contributed by atoms with van der Waals surface area (Å²) in [6, 6.07) is 0. The minimum atomic E-state index is 0.884. The summed E-state index contributed by atoms with van der Waals surface area (Å²) in [5.41, 5.74) is 0. The summed E-state index contributed by atoms with van der Waals surface area (Å²) in [7, 11) is 0. The average molecular weight is 156 g/mol. The van der Waals surface area contributed by atoms with E-state index in [1.165, 1.54) is 6.42 Å². The molecule has 11 heavy (non-hydrogen) atoms. The van der Waals surface area contributed by atoms with Crippen LogP contribution in [0.25, 0.3) is 0 Å². The Kier molecular flexibility index (Phi) is 34.7. The highest BCUT2D eigenvalue weighted by molar-refractivity contribution is 4.60. The Labute approximate surface area is 73.0 Å². The maximum absolute atomic E-state index is 3.48. The quantitative estimate of drug-likeness (QED) is 0.519. The number of hydrogen-bond acceptors (Lipinski definition) is 0. The second-order valence-corrected chi connectivity index (χ2v) is 2.50. The maximum atomic E-state index is 3.48. The Morgan fingerprint density at radius 2 is 1.36 bits per heavy atom. The summed E-state index contributed by atoms with van der Waals surface area (Å²) in [4.78, 5) is 0. The van der Waals surface area contributed by atoms with E-state index in [-0.39, 0.29) is 0 Å². The Bertz CT molecular complexity index is 53.1. The van der Waals surface area contributed by atoms with E-state index in [1.807, 2.05) is 6.08 Å². The molecule has 68 valence electrons. The van der Waals surface area contributed by atoms with E-state index in [9.17, 15) is 0 Å². The molecule has 0 radical (unpaired) electrons. The standard InChI is InChI=1S/C5H12.C4H8.C2H4/c1-4-5(2)3;1-3-4-2;1-2/h5H,4H2,1-3H3;3H,1,4H2,2H3;1-2H2. The van der Waals surface area contributed by atoms with Crippen molar-refractivity contribution in [1.29, 1.82) is 0 Å². The van der Waals surface area contributed by atoms with Crippen LogP contribution in [0.3, 0.4) is 0 Å². The van der Waals surface area contributed by atoms with Gasteiger partial charge in [0.1, 0.15) is 0 Å². The monoisotopic (exact) mass is 156 g/mol. The molecule has 0 atom stereocenters. The predicted molar refractivity (Wildman–Crippen MR) is 56.9 cm³/mol. The molecule has 0 aromatic heterocycles. The van der Waals surface area contributed by atoms with Gasteiger partial charge < -0.3 is 0 Å². The van der Waals surface area contributed by atoms with Gasteiger partial charge in [-0.15, -0.1) is 19.7 Å². The largest absolute Gasteiger partial charge is 0.106 e. The van der Waals surface area contributed by atoms with Gasteiger partial charge in [0.2, 0.25) is 0 Å². The van der Waals surface area contributed by atoms with Crippen molar-refractivity contribution in [1.82, 2.24) is 0 Å². The van der Waals surface area contributed by atoms with Gasteiger partial charge in [0.05, 0.1) is 0 Å². The average Bonchev–Trinajstić information content (AvgIpc) is 2.08. The molecule has 0 saturated heterocycles. The minimum absolute atomic E-state index is 0.884. The SMILES string of the molecule is C=C.C=CCC.CCC(C)C. The van der Waals surface area contributed by atoms with E-state index >= 15 is 0 Å². The summed E-state index contributed by atoms with van der Waals surface area (Å²) in [5.74, 6) is 0.884. The van der Waals surface area contributed by atoms with Crippen LogP contribution in [0.15, 0.2) is 25.8 Å². The molecular formula is C11H24. The number of hydrogen-bond donors (Lipinski definition) is 0. The topological polar surface area (TPSA) is 0 Å². The third-order valence-corrected chi connectivity index (χ3v) is 1.11. The molecule has 0 saturated carbocycles. The van der Waals surface area contributed by atoms with Crippen LogP contribution in [0.1, 0.15) is 40.5 Å². The summed E-state index contributed by atoms with van der Waals surface area (Å²) < 4.78 is 0.